The number of hydrogen-bond donors (Lipinski definition) is 1. The molecule has 0 bridgehead atoms. The predicted molar refractivity (Wildman–Crippen MR) is 135 cm³/mol. The van der Waals surface area contributed by atoms with Crippen molar-refractivity contribution in [1.82, 2.24) is 0 Å². The summed E-state index contributed by atoms with van der Waals surface area (Å²) in [5.41, 5.74) is 3.31. The molecule has 0 saturated carbocycles. The number of hydrogen-bond acceptors (Lipinski definition) is 5. The van der Waals surface area contributed by atoms with Gasteiger partial charge in [0.05, 0.1) is 30.0 Å². The van der Waals surface area contributed by atoms with Gasteiger partial charge in [0.2, 0.25) is 0 Å². The number of nitrogens with one attached hydrogen (secondary N) is 1. The Bertz CT molecular complexity index is 1100. The monoisotopic (exact) mass is 484 g/mol. The molecule has 180 valence electrons. The molecule has 0 unspecified atom stereocenters. The van der Waals surface area contributed by atoms with E-state index in [9.17, 15) is 4.39 Å². The smallest absolute Gasteiger partial charge is 0.144 e. The first-order valence-electron chi connectivity index (χ1n) is 11.3. The second-order valence-electron chi connectivity index (χ2n) is 8.90. The lowest BCUT2D eigenvalue weighted by molar-refractivity contribution is -0.0277. The number of rotatable bonds is 8. The predicted octanol–water partition coefficient (Wildman–Crippen LogP) is 6.29. The SMILES string of the molecule is COc1cc(N2CCOC(C)(C)C2)ccc1NCc1ccc(OCc2c(F)cccc2Cl)cc1. The summed E-state index contributed by atoms with van der Waals surface area (Å²) >= 11 is 6.06. The fourth-order valence-electron chi connectivity index (χ4n) is 3.99. The van der Waals surface area contributed by atoms with Crippen LogP contribution in [0, 0.1) is 5.82 Å². The Hall–Kier alpha value is -2.96. The van der Waals surface area contributed by atoms with Crippen molar-refractivity contribution in [3.8, 4) is 11.5 Å². The van der Waals surface area contributed by atoms with Crippen LogP contribution in [0.2, 0.25) is 5.02 Å². The van der Waals surface area contributed by atoms with E-state index in [2.05, 4.69) is 36.2 Å². The largest absolute Gasteiger partial charge is 0.495 e. The fraction of sp³-hybridized carbons (Fsp3) is 0.333. The fourth-order valence-corrected chi connectivity index (χ4v) is 4.20. The lowest BCUT2D eigenvalue weighted by Gasteiger charge is -2.39. The first-order chi connectivity index (χ1) is 16.3. The summed E-state index contributed by atoms with van der Waals surface area (Å²) in [6.45, 7) is 7.32. The van der Waals surface area contributed by atoms with E-state index in [1.54, 1.807) is 19.2 Å². The zero-order chi connectivity index (χ0) is 24.1. The van der Waals surface area contributed by atoms with Crippen LogP contribution in [-0.4, -0.2) is 32.4 Å². The van der Waals surface area contributed by atoms with Crippen LogP contribution in [0.1, 0.15) is 25.0 Å². The van der Waals surface area contributed by atoms with Crippen molar-refractivity contribution >= 4 is 23.0 Å². The molecular weight excluding hydrogens is 455 g/mol. The zero-order valence-corrected chi connectivity index (χ0v) is 20.5. The minimum atomic E-state index is -0.370. The van der Waals surface area contributed by atoms with E-state index >= 15 is 0 Å². The van der Waals surface area contributed by atoms with Gasteiger partial charge in [-0.3, -0.25) is 0 Å². The molecule has 1 heterocycles. The maximum absolute atomic E-state index is 13.9. The normalized spacial score (nSPS) is 15.1. The molecule has 0 aromatic heterocycles. The van der Waals surface area contributed by atoms with Crippen LogP contribution in [0.4, 0.5) is 15.8 Å². The molecule has 5 nitrogen and oxygen atoms in total. The number of halogens is 2. The summed E-state index contributed by atoms with van der Waals surface area (Å²) in [6, 6.07) is 18.5. The van der Waals surface area contributed by atoms with E-state index in [0.717, 1.165) is 35.8 Å². The molecule has 0 aliphatic carbocycles. The highest BCUT2D eigenvalue weighted by atomic mass is 35.5. The van der Waals surface area contributed by atoms with E-state index in [4.69, 9.17) is 25.8 Å². The molecule has 0 amide bonds. The zero-order valence-electron chi connectivity index (χ0n) is 19.7. The summed E-state index contributed by atoms with van der Waals surface area (Å²) in [7, 11) is 1.68. The minimum absolute atomic E-state index is 0.0764. The molecular formula is C27H30ClFN2O3. The maximum Gasteiger partial charge on any atom is 0.144 e. The van der Waals surface area contributed by atoms with Crippen LogP contribution >= 0.6 is 11.6 Å². The Morgan fingerprint density at radius 2 is 1.91 bits per heavy atom. The van der Waals surface area contributed by atoms with Crippen molar-refractivity contribution in [3.05, 3.63) is 82.6 Å². The van der Waals surface area contributed by atoms with Gasteiger partial charge in [0.25, 0.3) is 0 Å². The highest BCUT2D eigenvalue weighted by Gasteiger charge is 2.27. The van der Waals surface area contributed by atoms with Crippen molar-refractivity contribution < 1.29 is 18.6 Å². The standard InChI is InChI=1S/C27H30ClFN2O3/c1-27(2)18-31(13-14-34-27)20-9-12-25(26(15-20)32-3)30-16-19-7-10-21(11-8-19)33-17-22-23(28)5-4-6-24(22)29/h4-12,15,30H,13-14,16-18H2,1-3H3. The van der Waals surface area contributed by atoms with Gasteiger partial charge >= 0.3 is 0 Å². The molecule has 1 aliphatic heterocycles. The van der Waals surface area contributed by atoms with Gasteiger partial charge in [-0.15, -0.1) is 0 Å². The average molecular weight is 485 g/mol. The van der Waals surface area contributed by atoms with Crippen molar-refractivity contribution in [2.24, 2.45) is 0 Å². The van der Waals surface area contributed by atoms with Crippen LogP contribution in [-0.2, 0) is 17.9 Å². The second-order valence-corrected chi connectivity index (χ2v) is 9.31. The summed E-state index contributed by atoms with van der Waals surface area (Å²) in [5.74, 6) is 1.08. The Morgan fingerprint density at radius 1 is 1.12 bits per heavy atom. The van der Waals surface area contributed by atoms with Crippen molar-refractivity contribution in [2.75, 3.05) is 37.0 Å². The first-order valence-corrected chi connectivity index (χ1v) is 11.7. The number of nitrogens with zero attached hydrogens (tertiary/aromatic N) is 1. The highest BCUT2D eigenvalue weighted by molar-refractivity contribution is 6.31. The number of anilines is 2. The molecule has 0 radical (unpaired) electrons. The molecule has 3 aromatic rings. The molecule has 1 fully saturated rings. The molecule has 0 atom stereocenters. The molecule has 4 rings (SSSR count). The minimum Gasteiger partial charge on any atom is -0.495 e. The first kappa shape index (κ1) is 24.2. The van der Waals surface area contributed by atoms with Gasteiger partial charge in [-0.05, 0) is 55.8 Å². The van der Waals surface area contributed by atoms with Crippen LogP contribution < -0.4 is 19.7 Å². The third-order valence-corrected chi connectivity index (χ3v) is 6.18. The summed E-state index contributed by atoms with van der Waals surface area (Å²) in [5, 5.41) is 3.80. The van der Waals surface area contributed by atoms with Crippen LogP contribution in [0.3, 0.4) is 0 Å². The van der Waals surface area contributed by atoms with Gasteiger partial charge in [0.15, 0.2) is 0 Å². The Morgan fingerprint density at radius 3 is 2.62 bits per heavy atom. The number of ether oxygens (including phenoxy) is 3. The number of morpholine rings is 1. The molecule has 1 saturated heterocycles. The van der Waals surface area contributed by atoms with Gasteiger partial charge in [-0.1, -0.05) is 29.8 Å². The quantitative estimate of drug-likeness (QED) is 0.406. The molecule has 34 heavy (non-hydrogen) atoms. The second kappa shape index (κ2) is 10.5. The van der Waals surface area contributed by atoms with Gasteiger partial charge in [-0.2, -0.15) is 0 Å². The molecule has 0 spiro atoms. The van der Waals surface area contributed by atoms with Crippen molar-refractivity contribution in [1.29, 1.82) is 0 Å². The average Bonchev–Trinajstić information content (AvgIpc) is 2.82. The highest BCUT2D eigenvalue weighted by Crippen LogP contribution is 2.32. The Labute approximate surface area is 205 Å². The third-order valence-electron chi connectivity index (χ3n) is 5.83. The van der Waals surface area contributed by atoms with E-state index in [-0.39, 0.29) is 18.0 Å². The van der Waals surface area contributed by atoms with Crippen LogP contribution in [0.15, 0.2) is 60.7 Å². The molecule has 1 N–H and O–H groups in total. The lowest BCUT2D eigenvalue weighted by atomic mass is 10.1. The van der Waals surface area contributed by atoms with E-state index < -0.39 is 0 Å². The number of methoxy groups -OCH3 is 1. The topological polar surface area (TPSA) is 43.0 Å². The van der Waals surface area contributed by atoms with Crippen molar-refractivity contribution in [2.45, 2.75) is 32.6 Å². The number of benzene rings is 3. The maximum atomic E-state index is 13.9. The summed E-state index contributed by atoms with van der Waals surface area (Å²) < 4.78 is 31.1. The van der Waals surface area contributed by atoms with Crippen LogP contribution in [0.25, 0.3) is 0 Å². The molecule has 3 aromatic carbocycles. The van der Waals surface area contributed by atoms with Gasteiger partial charge < -0.3 is 24.4 Å². The van der Waals surface area contributed by atoms with Gasteiger partial charge in [0, 0.05) is 37.0 Å². The summed E-state index contributed by atoms with van der Waals surface area (Å²) in [6.07, 6.45) is 0. The van der Waals surface area contributed by atoms with E-state index in [1.807, 2.05) is 30.3 Å². The Kier molecular flexibility index (Phi) is 7.49. The van der Waals surface area contributed by atoms with Gasteiger partial charge in [0.1, 0.15) is 23.9 Å². The van der Waals surface area contributed by atoms with Crippen LogP contribution in [0.5, 0.6) is 11.5 Å². The molecule has 1 aliphatic rings. The lowest BCUT2D eigenvalue weighted by Crippen LogP contribution is -2.48. The van der Waals surface area contributed by atoms with E-state index in [1.165, 1.54) is 6.07 Å². The van der Waals surface area contributed by atoms with Crippen molar-refractivity contribution in [3.63, 3.8) is 0 Å². The van der Waals surface area contributed by atoms with E-state index in [0.29, 0.717) is 29.5 Å². The third kappa shape index (κ3) is 5.93. The van der Waals surface area contributed by atoms with Gasteiger partial charge in [-0.25, -0.2) is 4.39 Å². The molecule has 7 heteroatoms. The Balaban J connectivity index is 1.35. The summed E-state index contributed by atoms with van der Waals surface area (Å²) in [4.78, 5) is 2.32.